The van der Waals surface area contributed by atoms with Crippen molar-refractivity contribution in [3.63, 3.8) is 0 Å². The maximum atomic E-state index is 11.9. The third-order valence-corrected chi connectivity index (χ3v) is 4.98. The second kappa shape index (κ2) is 8.29. The van der Waals surface area contributed by atoms with Crippen molar-refractivity contribution in [1.82, 2.24) is 4.72 Å². The zero-order valence-electron chi connectivity index (χ0n) is 13.8. The zero-order valence-corrected chi connectivity index (χ0v) is 14.7. The van der Waals surface area contributed by atoms with E-state index in [1.54, 1.807) is 4.90 Å². The van der Waals surface area contributed by atoms with Crippen molar-refractivity contribution >= 4 is 21.6 Å². The summed E-state index contributed by atoms with van der Waals surface area (Å²) in [7, 11) is -3.26. The molecule has 6 heteroatoms. The zero-order chi connectivity index (χ0) is 16.8. The van der Waals surface area contributed by atoms with Crippen LogP contribution >= 0.6 is 0 Å². The first kappa shape index (κ1) is 18.6. The van der Waals surface area contributed by atoms with E-state index in [0.717, 1.165) is 23.2 Å². The van der Waals surface area contributed by atoms with Gasteiger partial charge in [0.1, 0.15) is 0 Å². The van der Waals surface area contributed by atoms with Crippen molar-refractivity contribution in [2.45, 2.75) is 40.5 Å². The van der Waals surface area contributed by atoms with Crippen LogP contribution in [0.2, 0.25) is 0 Å². The molecule has 0 radical (unpaired) electrons. The predicted molar refractivity (Wildman–Crippen MR) is 90.6 cm³/mol. The molecule has 1 amide bonds. The van der Waals surface area contributed by atoms with Crippen molar-refractivity contribution in [2.24, 2.45) is 0 Å². The minimum absolute atomic E-state index is 0.0924. The molecule has 1 aromatic rings. The average Bonchev–Trinajstić information content (AvgIpc) is 2.43. The summed E-state index contributed by atoms with van der Waals surface area (Å²) in [6, 6.07) is 5.84. The molecule has 0 saturated carbocycles. The molecule has 124 valence electrons. The predicted octanol–water partition coefficient (Wildman–Crippen LogP) is 2.38. The van der Waals surface area contributed by atoms with E-state index in [2.05, 4.69) is 4.72 Å². The Morgan fingerprint density at radius 3 is 2.32 bits per heavy atom. The highest BCUT2D eigenvalue weighted by Gasteiger charge is 2.17. The largest absolute Gasteiger partial charge is 0.311 e. The minimum atomic E-state index is -3.26. The van der Waals surface area contributed by atoms with E-state index >= 15 is 0 Å². The van der Waals surface area contributed by atoms with Crippen molar-refractivity contribution in [3.05, 3.63) is 29.3 Å². The molecule has 0 unspecified atom stereocenters. The Morgan fingerprint density at radius 2 is 1.82 bits per heavy atom. The lowest BCUT2D eigenvalue weighted by molar-refractivity contribution is -0.116. The highest BCUT2D eigenvalue weighted by Crippen LogP contribution is 2.24. The van der Waals surface area contributed by atoms with E-state index in [1.165, 1.54) is 6.92 Å². The standard InChI is InChI=1S/C16H26N2O3S/c1-5-6-12-22(20,21)17-10-11-18(15(4)19)16-13(2)8-7-9-14(16)3/h7-9,17H,5-6,10-12H2,1-4H3. The smallest absolute Gasteiger partial charge is 0.223 e. The van der Waals surface area contributed by atoms with Crippen LogP contribution in [-0.2, 0) is 14.8 Å². The number of hydrogen-bond donors (Lipinski definition) is 1. The summed E-state index contributed by atoms with van der Waals surface area (Å²) in [5, 5.41) is 0. The number of nitrogens with zero attached hydrogens (tertiary/aromatic N) is 1. The first-order valence-corrected chi connectivity index (χ1v) is 9.25. The molecule has 1 N–H and O–H groups in total. The van der Waals surface area contributed by atoms with E-state index in [1.807, 2.05) is 39.0 Å². The van der Waals surface area contributed by atoms with Crippen LogP contribution in [0.25, 0.3) is 0 Å². The maximum absolute atomic E-state index is 11.9. The van der Waals surface area contributed by atoms with Crippen LogP contribution in [0.4, 0.5) is 5.69 Å². The third kappa shape index (κ3) is 5.42. The summed E-state index contributed by atoms with van der Waals surface area (Å²) < 4.78 is 26.2. The Bertz CT molecular complexity index is 592. The molecule has 0 heterocycles. The first-order valence-electron chi connectivity index (χ1n) is 7.60. The van der Waals surface area contributed by atoms with Crippen LogP contribution in [0.5, 0.6) is 0 Å². The van der Waals surface area contributed by atoms with Crippen LogP contribution in [0.3, 0.4) is 0 Å². The fraction of sp³-hybridized carbons (Fsp3) is 0.562. The molecule has 0 aliphatic carbocycles. The van der Waals surface area contributed by atoms with E-state index in [-0.39, 0.29) is 18.2 Å². The van der Waals surface area contributed by atoms with Gasteiger partial charge in [0, 0.05) is 25.7 Å². The van der Waals surface area contributed by atoms with Crippen LogP contribution < -0.4 is 9.62 Å². The van der Waals surface area contributed by atoms with Gasteiger partial charge in [0.2, 0.25) is 15.9 Å². The van der Waals surface area contributed by atoms with Crippen molar-refractivity contribution < 1.29 is 13.2 Å². The molecule has 1 rings (SSSR count). The summed E-state index contributed by atoms with van der Waals surface area (Å²) in [5.74, 6) is 0.0395. The molecule has 0 atom stereocenters. The lowest BCUT2D eigenvalue weighted by Crippen LogP contribution is -2.38. The summed E-state index contributed by atoms with van der Waals surface area (Å²) >= 11 is 0. The Balaban J connectivity index is 2.77. The Kier molecular flexibility index (Phi) is 7.03. The summed E-state index contributed by atoms with van der Waals surface area (Å²) in [6.45, 7) is 7.89. The molecule has 0 spiro atoms. The highest BCUT2D eigenvalue weighted by atomic mass is 32.2. The van der Waals surface area contributed by atoms with E-state index in [4.69, 9.17) is 0 Å². The van der Waals surface area contributed by atoms with Crippen molar-refractivity contribution in [1.29, 1.82) is 0 Å². The van der Waals surface area contributed by atoms with Crippen molar-refractivity contribution in [3.8, 4) is 0 Å². The van der Waals surface area contributed by atoms with Crippen LogP contribution in [0.15, 0.2) is 18.2 Å². The van der Waals surface area contributed by atoms with Gasteiger partial charge in [-0.15, -0.1) is 0 Å². The quantitative estimate of drug-likeness (QED) is 0.797. The summed E-state index contributed by atoms with van der Waals surface area (Å²) in [4.78, 5) is 13.6. The number of para-hydroxylation sites is 1. The minimum Gasteiger partial charge on any atom is -0.311 e. The normalized spacial score (nSPS) is 11.5. The Hall–Kier alpha value is -1.40. The number of carbonyl (C=O) groups excluding carboxylic acids is 1. The van der Waals surface area contributed by atoms with E-state index in [0.29, 0.717) is 13.0 Å². The second-order valence-corrected chi connectivity index (χ2v) is 7.40. The number of rotatable bonds is 8. The lowest BCUT2D eigenvalue weighted by atomic mass is 10.1. The molecule has 0 aliphatic rings. The molecule has 5 nitrogen and oxygen atoms in total. The summed E-state index contributed by atoms with van der Waals surface area (Å²) in [6.07, 6.45) is 1.48. The number of sulfonamides is 1. The van der Waals surface area contributed by atoms with Gasteiger partial charge in [-0.1, -0.05) is 31.5 Å². The van der Waals surface area contributed by atoms with Gasteiger partial charge >= 0.3 is 0 Å². The third-order valence-electron chi connectivity index (χ3n) is 3.51. The number of benzene rings is 1. The molecule has 0 aliphatic heterocycles. The van der Waals surface area contributed by atoms with E-state index in [9.17, 15) is 13.2 Å². The number of unbranched alkanes of at least 4 members (excludes halogenated alkanes) is 1. The van der Waals surface area contributed by atoms with Gasteiger partial charge in [0.15, 0.2) is 0 Å². The topological polar surface area (TPSA) is 66.5 Å². The van der Waals surface area contributed by atoms with Crippen molar-refractivity contribution in [2.75, 3.05) is 23.7 Å². The number of amides is 1. The average molecular weight is 326 g/mol. The number of aryl methyl sites for hydroxylation is 2. The molecule has 0 saturated heterocycles. The number of anilines is 1. The van der Waals surface area contributed by atoms with E-state index < -0.39 is 10.0 Å². The first-order chi connectivity index (χ1) is 10.3. The fourth-order valence-electron chi connectivity index (χ4n) is 2.38. The molecule has 22 heavy (non-hydrogen) atoms. The number of carbonyl (C=O) groups is 1. The monoisotopic (exact) mass is 326 g/mol. The van der Waals surface area contributed by atoms with Crippen LogP contribution in [0, 0.1) is 13.8 Å². The van der Waals surface area contributed by atoms with Gasteiger partial charge in [0.25, 0.3) is 0 Å². The van der Waals surface area contributed by atoms with Gasteiger partial charge in [0.05, 0.1) is 5.75 Å². The van der Waals surface area contributed by atoms with Crippen LogP contribution in [-0.4, -0.2) is 33.2 Å². The highest BCUT2D eigenvalue weighted by molar-refractivity contribution is 7.89. The van der Waals surface area contributed by atoms with Crippen LogP contribution in [0.1, 0.15) is 37.8 Å². The molecule has 0 aromatic heterocycles. The second-order valence-electron chi connectivity index (χ2n) is 5.48. The molecule has 0 fully saturated rings. The fourth-order valence-corrected chi connectivity index (χ4v) is 3.59. The number of nitrogens with one attached hydrogen (secondary N) is 1. The summed E-state index contributed by atoms with van der Waals surface area (Å²) in [5.41, 5.74) is 2.87. The number of hydrogen-bond acceptors (Lipinski definition) is 3. The Morgan fingerprint density at radius 1 is 1.23 bits per heavy atom. The SMILES string of the molecule is CCCCS(=O)(=O)NCCN(C(C)=O)c1c(C)cccc1C. The maximum Gasteiger partial charge on any atom is 0.223 e. The van der Waals surface area contributed by atoms with Gasteiger partial charge in [-0.3, -0.25) is 4.79 Å². The lowest BCUT2D eigenvalue weighted by Gasteiger charge is -2.25. The molecule has 0 bridgehead atoms. The van der Waals surface area contributed by atoms with Gasteiger partial charge < -0.3 is 4.90 Å². The van der Waals surface area contributed by atoms with Gasteiger partial charge in [-0.2, -0.15) is 0 Å². The molecular weight excluding hydrogens is 300 g/mol. The molecular formula is C16H26N2O3S. The van der Waals surface area contributed by atoms with Gasteiger partial charge in [-0.25, -0.2) is 13.1 Å². The molecule has 1 aromatic carbocycles. The Labute approximate surface area is 133 Å². The van der Waals surface area contributed by atoms with Gasteiger partial charge in [-0.05, 0) is 31.4 Å².